The third kappa shape index (κ3) is 6.23. The number of benzene rings is 1. The number of amides is 2. The molecule has 0 aliphatic carbocycles. The Balaban J connectivity index is 1.51. The second kappa shape index (κ2) is 11.5. The van der Waals surface area contributed by atoms with Crippen LogP contribution in [0.25, 0.3) is 10.4 Å². The van der Waals surface area contributed by atoms with Gasteiger partial charge in [-0.15, -0.1) is 0 Å². The van der Waals surface area contributed by atoms with Crippen LogP contribution >= 0.6 is 11.3 Å². The quantitative estimate of drug-likeness (QED) is 0.375. The number of aromatic nitrogens is 2. The van der Waals surface area contributed by atoms with E-state index in [9.17, 15) is 31.2 Å². The lowest BCUT2D eigenvalue weighted by Gasteiger charge is -2.26. The average Bonchev–Trinajstić information content (AvgIpc) is 3.45. The summed E-state index contributed by atoms with van der Waals surface area (Å²) in [6, 6.07) is 5.34. The lowest BCUT2D eigenvalue weighted by Crippen LogP contribution is -2.43. The van der Waals surface area contributed by atoms with Gasteiger partial charge in [0.25, 0.3) is 11.8 Å². The number of thiazole rings is 1. The fourth-order valence-corrected chi connectivity index (χ4v) is 7.35. The maximum atomic E-state index is 13.6. The summed E-state index contributed by atoms with van der Waals surface area (Å²) in [5.41, 5.74) is 0.819. The van der Waals surface area contributed by atoms with Crippen molar-refractivity contribution in [2.75, 3.05) is 30.0 Å². The van der Waals surface area contributed by atoms with Gasteiger partial charge in [0.1, 0.15) is 24.3 Å². The first-order chi connectivity index (χ1) is 20.2. The third-order valence-corrected chi connectivity index (χ3v) is 9.72. The minimum absolute atomic E-state index is 0.0297. The zero-order chi connectivity index (χ0) is 31.3. The molecule has 5 rings (SSSR count). The van der Waals surface area contributed by atoms with Crippen molar-refractivity contribution < 1.29 is 35.9 Å². The number of anilines is 3. The van der Waals surface area contributed by atoms with Gasteiger partial charge in [0.15, 0.2) is 5.13 Å². The number of carbonyl (C=O) groups is 2. The topological polar surface area (TPSA) is 134 Å². The molecule has 1 unspecified atom stereocenters. The fraction of sp³-hybridized carbons (Fsp3) is 0.407. The number of halogens is 3. The van der Waals surface area contributed by atoms with Crippen molar-refractivity contribution in [1.29, 1.82) is 0 Å². The molecule has 1 atom stereocenters. The minimum atomic E-state index is -4.69. The Morgan fingerprint density at radius 2 is 1.86 bits per heavy atom. The number of pyridine rings is 1. The van der Waals surface area contributed by atoms with Crippen LogP contribution in [0.3, 0.4) is 0 Å². The molecule has 43 heavy (non-hydrogen) atoms. The van der Waals surface area contributed by atoms with Gasteiger partial charge in [0, 0.05) is 12.6 Å². The molecule has 0 radical (unpaired) electrons. The van der Waals surface area contributed by atoms with Crippen molar-refractivity contribution >= 4 is 49.9 Å². The van der Waals surface area contributed by atoms with Gasteiger partial charge in [0.2, 0.25) is 10.0 Å². The zero-order valence-corrected chi connectivity index (χ0v) is 25.3. The van der Waals surface area contributed by atoms with Gasteiger partial charge in [-0.05, 0) is 63.1 Å². The maximum Gasteiger partial charge on any atom is 0.408 e. The molecule has 2 aliphatic rings. The second-order valence-corrected chi connectivity index (χ2v) is 13.2. The SMILES string of the molecule is Cc1nc(Nc2cccc(N3CCOCC3=O)n2)sc1-c1cc2c(c(S(=O)(=O)NC(C)C)c1)C(=O)N(C(C)C(F)(F)F)C2. The molecule has 1 saturated heterocycles. The molecule has 0 bridgehead atoms. The Hall–Kier alpha value is -3.60. The molecule has 230 valence electrons. The second-order valence-electron chi connectivity index (χ2n) is 10.5. The summed E-state index contributed by atoms with van der Waals surface area (Å²) in [5.74, 6) is -0.346. The molecule has 2 N–H and O–H groups in total. The Labute approximate surface area is 250 Å². The van der Waals surface area contributed by atoms with Gasteiger partial charge in [-0.3, -0.25) is 14.5 Å². The van der Waals surface area contributed by atoms with Gasteiger partial charge < -0.3 is 15.0 Å². The standard InChI is InChI=1S/C27H29F3N6O5S2/c1-14(2)34-43(39,40)19-11-17(10-18-12-36(25(38)23(18)19)16(4)27(28,29)30)24-15(3)31-26(42-24)33-20-6-5-7-21(32-20)35-8-9-41-13-22(35)37/h5-7,10-11,14,16,34H,8-9,12-13H2,1-4H3,(H,31,32,33). The predicted molar refractivity (Wildman–Crippen MR) is 154 cm³/mol. The van der Waals surface area contributed by atoms with Crippen LogP contribution < -0.4 is 14.9 Å². The van der Waals surface area contributed by atoms with Crippen molar-refractivity contribution in [3.05, 3.63) is 47.2 Å². The summed E-state index contributed by atoms with van der Waals surface area (Å²) >= 11 is 1.18. The average molecular weight is 639 g/mol. The lowest BCUT2D eigenvalue weighted by molar-refractivity contribution is -0.172. The highest BCUT2D eigenvalue weighted by Crippen LogP contribution is 2.41. The number of morpholine rings is 1. The highest BCUT2D eigenvalue weighted by atomic mass is 32.2. The highest BCUT2D eigenvalue weighted by Gasteiger charge is 2.46. The van der Waals surface area contributed by atoms with E-state index in [0.29, 0.717) is 51.0 Å². The number of nitrogens with zero attached hydrogens (tertiary/aromatic N) is 4. The van der Waals surface area contributed by atoms with Crippen LogP contribution in [0.1, 0.15) is 42.4 Å². The van der Waals surface area contributed by atoms with Crippen LogP contribution in [0.15, 0.2) is 35.2 Å². The summed E-state index contributed by atoms with van der Waals surface area (Å²) in [6.45, 7) is 6.12. The van der Waals surface area contributed by atoms with E-state index < -0.39 is 40.7 Å². The molecular formula is C27H29F3N6O5S2. The molecule has 11 nitrogen and oxygen atoms in total. The number of fused-ring (bicyclic) bond motifs is 1. The van der Waals surface area contributed by atoms with Gasteiger partial charge in [0.05, 0.1) is 34.2 Å². The smallest absolute Gasteiger partial charge is 0.370 e. The predicted octanol–water partition coefficient (Wildman–Crippen LogP) is 4.21. The van der Waals surface area contributed by atoms with E-state index in [1.54, 1.807) is 39.0 Å². The number of nitrogens with one attached hydrogen (secondary N) is 2. The van der Waals surface area contributed by atoms with Gasteiger partial charge in [-0.1, -0.05) is 17.4 Å². The van der Waals surface area contributed by atoms with Gasteiger partial charge in [-0.2, -0.15) is 13.2 Å². The molecule has 0 saturated carbocycles. The molecule has 3 aromatic rings. The number of alkyl halides is 3. The van der Waals surface area contributed by atoms with E-state index in [0.717, 1.165) is 6.92 Å². The Morgan fingerprint density at radius 1 is 1.12 bits per heavy atom. The fourth-order valence-electron chi connectivity index (χ4n) is 4.88. The molecule has 1 fully saturated rings. The molecule has 2 aromatic heterocycles. The number of rotatable bonds is 8. The normalized spacial score (nSPS) is 16.7. The van der Waals surface area contributed by atoms with Crippen LogP contribution in [0.5, 0.6) is 0 Å². The first kappa shape index (κ1) is 30.8. The molecule has 0 spiro atoms. The minimum Gasteiger partial charge on any atom is -0.370 e. The molecule has 16 heteroatoms. The summed E-state index contributed by atoms with van der Waals surface area (Å²) in [6.07, 6.45) is -4.69. The number of hydrogen-bond acceptors (Lipinski definition) is 9. The van der Waals surface area contributed by atoms with Crippen molar-refractivity contribution in [3.8, 4) is 10.4 Å². The largest absolute Gasteiger partial charge is 0.408 e. The summed E-state index contributed by atoms with van der Waals surface area (Å²) in [7, 11) is -4.27. The molecule has 1 aromatic carbocycles. The number of ether oxygens (including phenoxy) is 1. The van der Waals surface area contributed by atoms with Crippen LogP contribution in [0.2, 0.25) is 0 Å². The van der Waals surface area contributed by atoms with Crippen molar-refractivity contribution in [1.82, 2.24) is 19.6 Å². The van der Waals surface area contributed by atoms with E-state index >= 15 is 0 Å². The molecule has 2 aliphatic heterocycles. The van der Waals surface area contributed by atoms with Crippen molar-refractivity contribution in [2.45, 2.75) is 57.4 Å². The first-order valence-electron chi connectivity index (χ1n) is 13.3. The van der Waals surface area contributed by atoms with Gasteiger partial charge in [-0.25, -0.2) is 23.1 Å². The van der Waals surface area contributed by atoms with Crippen molar-refractivity contribution in [2.24, 2.45) is 0 Å². The number of sulfonamides is 1. The van der Waals surface area contributed by atoms with E-state index in [1.165, 1.54) is 28.4 Å². The summed E-state index contributed by atoms with van der Waals surface area (Å²) in [5, 5.41) is 3.52. The molecular weight excluding hydrogens is 609 g/mol. The van der Waals surface area contributed by atoms with Crippen molar-refractivity contribution in [3.63, 3.8) is 0 Å². The maximum absolute atomic E-state index is 13.6. The first-order valence-corrected chi connectivity index (χ1v) is 15.6. The zero-order valence-electron chi connectivity index (χ0n) is 23.7. The van der Waals surface area contributed by atoms with Crippen LogP contribution in [-0.4, -0.2) is 73.1 Å². The number of aryl methyl sites for hydroxylation is 1. The van der Waals surface area contributed by atoms with E-state index in [-0.39, 0.29) is 28.5 Å². The van der Waals surface area contributed by atoms with E-state index in [1.807, 2.05) is 0 Å². The van der Waals surface area contributed by atoms with Gasteiger partial charge >= 0.3 is 6.18 Å². The Morgan fingerprint density at radius 3 is 2.53 bits per heavy atom. The Kier molecular flexibility index (Phi) is 8.24. The van der Waals surface area contributed by atoms with Crippen LogP contribution in [0.4, 0.5) is 29.9 Å². The van der Waals surface area contributed by atoms with E-state index in [2.05, 4.69) is 20.0 Å². The molecule has 2 amide bonds. The van der Waals surface area contributed by atoms with Crippen LogP contribution in [-0.2, 0) is 26.1 Å². The van der Waals surface area contributed by atoms with Crippen LogP contribution in [0, 0.1) is 6.92 Å². The highest BCUT2D eigenvalue weighted by molar-refractivity contribution is 7.89. The Bertz CT molecular complexity index is 1690. The third-order valence-electron chi connectivity index (χ3n) is 6.91. The number of carbonyl (C=O) groups excluding carboxylic acids is 2. The number of hydrogen-bond donors (Lipinski definition) is 2. The monoisotopic (exact) mass is 638 g/mol. The summed E-state index contributed by atoms with van der Waals surface area (Å²) in [4.78, 5) is 36.8. The molecule has 4 heterocycles. The summed E-state index contributed by atoms with van der Waals surface area (Å²) < 4.78 is 75.0. The van der Waals surface area contributed by atoms with E-state index in [4.69, 9.17) is 4.74 Å². The lowest BCUT2D eigenvalue weighted by atomic mass is 10.0.